The molecule has 8 atom stereocenters. The van der Waals surface area contributed by atoms with Gasteiger partial charge in [-0.2, -0.15) is 5.26 Å². The quantitative estimate of drug-likeness (QED) is 0.414. The molecule has 0 aromatic carbocycles. The number of Topliss-reactive ketones (excluding diaryl/α,β-unsaturated/α-hetero) is 1. The Bertz CT molecular complexity index is 1090. The number of carbonyl (C=O) groups is 3. The van der Waals surface area contributed by atoms with Gasteiger partial charge in [0.2, 0.25) is 0 Å². The first-order valence-corrected chi connectivity index (χ1v) is 14.0. The lowest BCUT2D eigenvalue weighted by atomic mass is 9.37. The lowest BCUT2D eigenvalue weighted by Gasteiger charge is -2.65. The van der Waals surface area contributed by atoms with Crippen LogP contribution in [0, 0.1) is 68.0 Å². The second-order valence-corrected chi connectivity index (χ2v) is 14.7. The Balaban J connectivity index is 1.62. The summed E-state index contributed by atoms with van der Waals surface area (Å²) < 4.78 is 5.38. The van der Waals surface area contributed by atoms with Gasteiger partial charge in [-0.15, -0.1) is 0 Å². The van der Waals surface area contributed by atoms with E-state index in [4.69, 9.17) is 4.74 Å². The number of hydrogen-bond acceptors (Lipinski definition) is 5. The van der Waals surface area contributed by atoms with Crippen LogP contribution in [0.2, 0.25) is 0 Å². The molecule has 0 N–H and O–H groups in total. The van der Waals surface area contributed by atoms with Crippen LogP contribution in [-0.2, 0) is 19.1 Å². The second-order valence-electron chi connectivity index (χ2n) is 14.7. The molecule has 36 heavy (non-hydrogen) atoms. The Hall–Kier alpha value is -1.96. The van der Waals surface area contributed by atoms with Gasteiger partial charge in [0.25, 0.3) is 0 Å². The maximum absolute atomic E-state index is 14.2. The number of nitriles is 1. The van der Waals surface area contributed by atoms with Gasteiger partial charge in [0.15, 0.2) is 11.6 Å². The van der Waals surface area contributed by atoms with Gasteiger partial charge in [-0.1, -0.05) is 47.1 Å². The summed E-state index contributed by atoms with van der Waals surface area (Å²) in [4.78, 5) is 40.7. The van der Waals surface area contributed by atoms with Gasteiger partial charge in [0.05, 0.1) is 18.6 Å². The molecule has 8 unspecified atom stereocenters. The number of hydrogen-bond donors (Lipinski definition) is 0. The van der Waals surface area contributed by atoms with Crippen molar-refractivity contribution >= 4 is 17.5 Å². The number of fused-ring (bicyclic) bond motifs is 7. The Kier molecular flexibility index (Phi) is 5.55. The lowest BCUT2D eigenvalue weighted by molar-refractivity contribution is -0.179. The number of allylic oxidation sites excluding steroid dienone is 2. The number of carbonyl (C=O) groups excluding carboxylic acids is 3. The van der Waals surface area contributed by atoms with Gasteiger partial charge in [-0.05, 0) is 91.4 Å². The van der Waals surface area contributed by atoms with Crippen LogP contribution in [0.15, 0.2) is 11.6 Å². The van der Waals surface area contributed by atoms with E-state index >= 15 is 0 Å². The summed E-state index contributed by atoms with van der Waals surface area (Å²) in [7, 11) is 1.49. The molecule has 0 saturated heterocycles. The highest BCUT2D eigenvalue weighted by atomic mass is 16.5. The van der Waals surface area contributed by atoms with E-state index in [0.29, 0.717) is 6.42 Å². The molecule has 5 aliphatic rings. The predicted octanol–water partition coefficient (Wildman–Crippen LogP) is 6.07. The molecule has 0 aromatic heterocycles. The van der Waals surface area contributed by atoms with Gasteiger partial charge in [0.1, 0.15) is 5.92 Å². The molecule has 0 heterocycles. The van der Waals surface area contributed by atoms with Crippen LogP contribution in [0.5, 0.6) is 0 Å². The zero-order chi connectivity index (χ0) is 26.5. The normalized spacial score (nSPS) is 46.7. The second kappa shape index (κ2) is 7.78. The van der Waals surface area contributed by atoms with E-state index in [1.165, 1.54) is 12.7 Å². The first-order chi connectivity index (χ1) is 16.7. The van der Waals surface area contributed by atoms with Crippen LogP contribution in [-0.4, -0.2) is 24.6 Å². The molecule has 0 aliphatic heterocycles. The first kappa shape index (κ1) is 25.7. The van der Waals surface area contributed by atoms with E-state index in [2.05, 4.69) is 33.8 Å². The maximum atomic E-state index is 14.2. The number of esters is 1. The summed E-state index contributed by atoms with van der Waals surface area (Å²) in [6.07, 6.45) is 8.57. The minimum absolute atomic E-state index is 0.00339. The smallest absolute Gasteiger partial charge is 0.312 e. The van der Waals surface area contributed by atoms with E-state index < -0.39 is 16.7 Å². The summed E-state index contributed by atoms with van der Waals surface area (Å²) in [5.41, 5.74) is -0.394. The molecule has 4 saturated carbocycles. The fourth-order valence-corrected chi connectivity index (χ4v) is 10.3. The highest BCUT2D eigenvalue weighted by molar-refractivity contribution is 5.96. The van der Waals surface area contributed by atoms with Crippen LogP contribution in [0.3, 0.4) is 0 Å². The van der Waals surface area contributed by atoms with Gasteiger partial charge >= 0.3 is 5.97 Å². The Morgan fingerprint density at radius 1 is 0.944 bits per heavy atom. The van der Waals surface area contributed by atoms with Crippen molar-refractivity contribution in [2.45, 2.75) is 92.9 Å². The molecule has 0 bridgehead atoms. The summed E-state index contributed by atoms with van der Waals surface area (Å²) in [6.45, 7) is 13.1. The van der Waals surface area contributed by atoms with E-state index in [1.54, 1.807) is 0 Å². The third kappa shape index (κ3) is 3.15. The average molecular weight is 494 g/mol. The molecular weight excluding hydrogens is 450 g/mol. The van der Waals surface area contributed by atoms with Crippen LogP contribution in [0.1, 0.15) is 92.9 Å². The van der Waals surface area contributed by atoms with Crippen molar-refractivity contribution < 1.29 is 19.1 Å². The van der Waals surface area contributed by atoms with E-state index in [-0.39, 0.29) is 57.5 Å². The standard InChI is InChI=1S/C31H43NO4/c1-27(2)12-13-31(26(35)36-7)11-8-19-24(20(31)16-27)21(33)14-23-29(19,5)10-9-22-28(3,4)25(34)18(17-32)15-30(22,23)6/h14,18-20,22,24H,8-13,15-16H2,1-7H3. The predicted molar refractivity (Wildman–Crippen MR) is 136 cm³/mol. The maximum Gasteiger partial charge on any atom is 0.312 e. The molecule has 196 valence electrons. The van der Waals surface area contributed by atoms with Gasteiger partial charge in [0, 0.05) is 11.3 Å². The van der Waals surface area contributed by atoms with Gasteiger partial charge in [-0.25, -0.2) is 0 Å². The summed E-state index contributed by atoms with van der Waals surface area (Å²) in [5, 5.41) is 9.88. The van der Waals surface area contributed by atoms with Crippen LogP contribution >= 0.6 is 0 Å². The molecule has 0 aromatic rings. The molecule has 5 aliphatic carbocycles. The molecule has 0 amide bonds. The fraction of sp³-hybridized carbons (Fsp3) is 0.806. The largest absolute Gasteiger partial charge is 0.469 e. The zero-order valence-corrected chi connectivity index (χ0v) is 23.2. The van der Waals surface area contributed by atoms with Crippen LogP contribution < -0.4 is 0 Å². The number of rotatable bonds is 1. The van der Waals surface area contributed by atoms with Crippen molar-refractivity contribution in [1.29, 1.82) is 5.26 Å². The molecular formula is C31H43NO4. The van der Waals surface area contributed by atoms with E-state index in [9.17, 15) is 19.6 Å². The average Bonchev–Trinajstić information content (AvgIpc) is 2.81. The molecule has 0 radical (unpaired) electrons. The molecule has 4 fully saturated rings. The summed E-state index contributed by atoms with van der Waals surface area (Å²) in [5.74, 6) is -0.413. The zero-order valence-electron chi connectivity index (χ0n) is 23.2. The minimum atomic E-state index is -0.630. The van der Waals surface area contributed by atoms with Gasteiger partial charge in [-0.3, -0.25) is 14.4 Å². The number of methoxy groups -OCH3 is 1. The molecule has 5 rings (SSSR count). The van der Waals surface area contributed by atoms with Gasteiger partial charge < -0.3 is 4.74 Å². The van der Waals surface area contributed by atoms with Crippen molar-refractivity contribution in [3.05, 3.63) is 11.6 Å². The lowest BCUT2D eigenvalue weighted by Crippen LogP contribution is -2.63. The molecule has 5 heteroatoms. The third-order valence-electron chi connectivity index (χ3n) is 12.1. The third-order valence-corrected chi connectivity index (χ3v) is 12.1. The van der Waals surface area contributed by atoms with Crippen molar-refractivity contribution in [2.24, 2.45) is 56.7 Å². The van der Waals surface area contributed by atoms with Crippen LogP contribution in [0.25, 0.3) is 0 Å². The molecule has 0 spiro atoms. The SMILES string of the molecule is COC(=O)C12CCC3C(C(=O)C=C4C3(C)CCC3C(C)(C)C(=O)C(C#N)CC43C)C1CC(C)(C)CC2. The number of ketones is 2. The van der Waals surface area contributed by atoms with Crippen molar-refractivity contribution in [2.75, 3.05) is 7.11 Å². The first-order valence-electron chi connectivity index (χ1n) is 14.0. The highest BCUT2D eigenvalue weighted by Gasteiger charge is 2.68. The number of nitrogens with zero attached hydrogens (tertiary/aromatic N) is 1. The van der Waals surface area contributed by atoms with Crippen molar-refractivity contribution in [3.63, 3.8) is 0 Å². The van der Waals surface area contributed by atoms with E-state index in [0.717, 1.165) is 44.9 Å². The monoisotopic (exact) mass is 493 g/mol. The Labute approximate surface area is 216 Å². The Morgan fingerprint density at radius 3 is 2.28 bits per heavy atom. The topological polar surface area (TPSA) is 84.2 Å². The summed E-state index contributed by atoms with van der Waals surface area (Å²) >= 11 is 0. The Morgan fingerprint density at radius 2 is 1.64 bits per heavy atom. The number of ether oxygens (including phenoxy) is 1. The molecule has 5 nitrogen and oxygen atoms in total. The minimum Gasteiger partial charge on any atom is -0.469 e. The van der Waals surface area contributed by atoms with Crippen molar-refractivity contribution in [1.82, 2.24) is 0 Å². The van der Waals surface area contributed by atoms with Crippen LogP contribution in [0.4, 0.5) is 0 Å². The highest BCUT2D eigenvalue weighted by Crippen LogP contribution is 2.71. The van der Waals surface area contributed by atoms with Crippen molar-refractivity contribution in [3.8, 4) is 6.07 Å². The van der Waals surface area contributed by atoms with E-state index in [1.807, 2.05) is 19.9 Å². The fourth-order valence-electron chi connectivity index (χ4n) is 10.3. The summed E-state index contributed by atoms with van der Waals surface area (Å²) in [6, 6.07) is 2.30.